The first-order valence-electron chi connectivity index (χ1n) is 6.88. The van der Waals surface area contributed by atoms with Crippen LogP contribution < -0.4 is 10.6 Å². The van der Waals surface area contributed by atoms with Crippen LogP contribution in [-0.2, 0) is 6.42 Å². The van der Waals surface area contributed by atoms with Gasteiger partial charge in [0.1, 0.15) is 5.82 Å². The van der Waals surface area contributed by atoms with Crippen LogP contribution in [0.15, 0.2) is 18.3 Å². The Kier molecular flexibility index (Phi) is 4.55. The first kappa shape index (κ1) is 13.3. The highest BCUT2D eigenvalue weighted by Crippen LogP contribution is 2.17. The van der Waals surface area contributed by atoms with E-state index in [-0.39, 0.29) is 0 Å². The summed E-state index contributed by atoms with van der Waals surface area (Å²) in [5.74, 6) is 1.10. The molecule has 1 aromatic heterocycles. The summed E-state index contributed by atoms with van der Waals surface area (Å²) in [7, 11) is 0. The lowest BCUT2D eigenvalue weighted by atomic mass is 10.1. The fourth-order valence-electron chi connectivity index (χ4n) is 2.59. The molecule has 0 radical (unpaired) electrons. The number of nitrogens with two attached hydrogens (primary N) is 1. The summed E-state index contributed by atoms with van der Waals surface area (Å²) >= 11 is 0. The molecule has 1 fully saturated rings. The molecule has 1 aliphatic heterocycles. The molecule has 1 aromatic rings. The fourth-order valence-corrected chi connectivity index (χ4v) is 2.59. The molecule has 0 amide bonds. The van der Waals surface area contributed by atoms with E-state index in [0.717, 1.165) is 38.4 Å². The summed E-state index contributed by atoms with van der Waals surface area (Å²) in [6, 6.07) is 4.88. The van der Waals surface area contributed by atoms with Gasteiger partial charge < -0.3 is 10.6 Å². The maximum absolute atomic E-state index is 5.55. The quantitative estimate of drug-likeness (QED) is 0.867. The topological polar surface area (TPSA) is 45.4 Å². The predicted octanol–water partition coefficient (Wildman–Crippen LogP) is 1.11. The molecule has 1 aliphatic rings. The number of piperazine rings is 1. The van der Waals surface area contributed by atoms with E-state index in [1.165, 1.54) is 5.56 Å². The third-order valence-electron chi connectivity index (χ3n) is 3.74. The molecule has 2 heterocycles. The highest BCUT2D eigenvalue weighted by atomic mass is 15.3. The second-order valence-corrected chi connectivity index (χ2v) is 4.99. The van der Waals surface area contributed by atoms with Crippen LogP contribution >= 0.6 is 0 Å². The van der Waals surface area contributed by atoms with Crippen LogP contribution in [0.1, 0.15) is 19.4 Å². The standard InChI is InChI=1S/C14H24N4/c1-3-17-8-9-18(11-12(17)2)14-5-4-13(6-7-15)10-16-14/h4-5,10,12H,3,6-9,11,15H2,1-2H3. The molecule has 100 valence electrons. The third-order valence-corrected chi connectivity index (χ3v) is 3.74. The molecule has 0 bridgehead atoms. The Hall–Kier alpha value is -1.13. The molecule has 1 unspecified atom stereocenters. The maximum atomic E-state index is 5.55. The number of rotatable bonds is 4. The lowest BCUT2D eigenvalue weighted by molar-refractivity contribution is 0.199. The van der Waals surface area contributed by atoms with Gasteiger partial charge in [0.25, 0.3) is 0 Å². The Bertz CT molecular complexity index is 363. The van der Waals surface area contributed by atoms with Gasteiger partial charge in [-0.1, -0.05) is 13.0 Å². The Balaban J connectivity index is 1.99. The summed E-state index contributed by atoms with van der Waals surface area (Å²) in [4.78, 5) is 9.45. The van der Waals surface area contributed by atoms with E-state index in [1.807, 2.05) is 6.20 Å². The van der Waals surface area contributed by atoms with Gasteiger partial charge in [-0.2, -0.15) is 0 Å². The van der Waals surface area contributed by atoms with Gasteiger partial charge in [0.2, 0.25) is 0 Å². The Labute approximate surface area is 110 Å². The summed E-state index contributed by atoms with van der Waals surface area (Å²) in [5, 5.41) is 0. The minimum absolute atomic E-state index is 0.606. The maximum Gasteiger partial charge on any atom is 0.128 e. The molecule has 18 heavy (non-hydrogen) atoms. The van der Waals surface area contributed by atoms with Crippen LogP contribution in [0, 0.1) is 0 Å². The minimum atomic E-state index is 0.606. The lowest BCUT2D eigenvalue weighted by Gasteiger charge is -2.39. The van der Waals surface area contributed by atoms with Crippen molar-refractivity contribution in [2.45, 2.75) is 26.3 Å². The molecule has 2 N–H and O–H groups in total. The molecule has 1 atom stereocenters. The lowest BCUT2D eigenvalue weighted by Crippen LogP contribution is -2.51. The van der Waals surface area contributed by atoms with Gasteiger partial charge in [-0.05, 0) is 38.1 Å². The molecule has 0 saturated carbocycles. The van der Waals surface area contributed by atoms with Crippen LogP contribution in [0.2, 0.25) is 0 Å². The van der Waals surface area contributed by atoms with E-state index >= 15 is 0 Å². The van der Waals surface area contributed by atoms with Crippen molar-refractivity contribution < 1.29 is 0 Å². The number of nitrogens with zero attached hydrogens (tertiary/aromatic N) is 3. The van der Waals surface area contributed by atoms with Crippen LogP contribution in [-0.4, -0.2) is 48.6 Å². The molecule has 0 aliphatic carbocycles. The first-order valence-corrected chi connectivity index (χ1v) is 6.88. The number of anilines is 1. The molecule has 4 nitrogen and oxygen atoms in total. The summed E-state index contributed by atoms with van der Waals surface area (Å²) < 4.78 is 0. The van der Waals surface area contributed by atoms with E-state index < -0.39 is 0 Å². The van der Waals surface area contributed by atoms with Gasteiger partial charge in [-0.25, -0.2) is 4.98 Å². The average molecular weight is 248 g/mol. The zero-order valence-electron chi connectivity index (χ0n) is 11.5. The summed E-state index contributed by atoms with van der Waals surface area (Å²) in [6.45, 7) is 9.61. The highest BCUT2D eigenvalue weighted by Gasteiger charge is 2.22. The van der Waals surface area contributed by atoms with Crippen LogP contribution in [0.4, 0.5) is 5.82 Å². The van der Waals surface area contributed by atoms with E-state index in [0.29, 0.717) is 12.6 Å². The van der Waals surface area contributed by atoms with Gasteiger partial charge >= 0.3 is 0 Å². The zero-order valence-corrected chi connectivity index (χ0v) is 11.5. The smallest absolute Gasteiger partial charge is 0.128 e. The number of pyridine rings is 1. The van der Waals surface area contributed by atoms with Gasteiger partial charge in [0.15, 0.2) is 0 Å². The Morgan fingerprint density at radius 2 is 2.22 bits per heavy atom. The second-order valence-electron chi connectivity index (χ2n) is 4.99. The van der Waals surface area contributed by atoms with Crippen molar-refractivity contribution in [1.82, 2.24) is 9.88 Å². The molecule has 2 rings (SSSR count). The van der Waals surface area contributed by atoms with Crippen molar-refractivity contribution in [3.63, 3.8) is 0 Å². The fraction of sp³-hybridized carbons (Fsp3) is 0.643. The summed E-state index contributed by atoms with van der Waals surface area (Å²) in [6.07, 6.45) is 2.87. The van der Waals surface area contributed by atoms with Crippen molar-refractivity contribution in [2.75, 3.05) is 37.6 Å². The summed E-state index contributed by atoms with van der Waals surface area (Å²) in [5.41, 5.74) is 6.77. The molecular formula is C14H24N4. The molecule has 0 aromatic carbocycles. The van der Waals surface area contributed by atoms with Crippen LogP contribution in [0.3, 0.4) is 0 Å². The zero-order chi connectivity index (χ0) is 13.0. The van der Waals surface area contributed by atoms with E-state index in [2.05, 4.69) is 40.8 Å². The molecule has 4 heteroatoms. The molecular weight excluding hydrogens is 224 g/mol. The Morgan fingerprint density at radius 1 is 1.39 bits per heavy atom. The highest BCUT2D eigenvalue weighted by molar-refractivity contribution is 5.40. The number of hydrogen-bond donors (Lipinski definition) is 1. The Morgan fingerprint density at radius 3 is 2.78 bits per heavy atom. The van der Waals surface area contributed by atoms with Gasteiger partial charge in [-0.15, -0.1) is 0 Å². The van der Waals surface area contributed by atoms with E-state index in [9.17, 15) is 0 Å². The number of aromatic nitrogens is 1. The number of hydrogen-bond acceptors (Lipinski definition) is 4. The van der Waals surface area contributed by atoms with Crippen molar-refractivity contribution in [1.29, 1.82) is 0 Å². The third kappa shape index (κ3) is 3.00. The van der Waals surface area contributed by atoms with Crippen molar-refractivity contribution in [3.05, 3.63) is 23.9 Å². The van der Waals surface area contributed by atoms with Crippen molar-refractivity contribution in [3.8, 4) is 0 Å². The van der Waals surface area contributed by atoms with Gasteiger partial charge in [0, 0.05) is 31.9 Å². The largest absolute Gasteiger partial charge is 0.354 e. The van der Waals surface area contributed by atoms with E-state index in [1.54, 1.807) is 0 Å². The second kappa shape index (κ2) is 6.16. The minimum Gasteiger partial charge on any atom is -0.354 e. The van der Waals surface area contributed by atoms with Gasteiger partial charge in [0.05, 0.1) is 0 Å². The number of likely N-dealkylation sites (N-methyl/N-ethyl adjacent to an activating group) is 1. The predicted molar refractivity (Wildman–Crippen MR) is 75.9 cm³/mol. The van der Waals surface area contributed by atoms with Crippen molar-refractivity contribution in [2.24, 2.45) is 5.73 Å². The van der Waals surface area contributed by atoms with E-state index in [4.69, 9.17) is 5.73 Å². The first-order chi connectivity index (χ1) is 8.74. The molecule has 0 spiro atoms. The SMILES string of the molecule is CCN1CCN(c2ccc(CCN)cn2)CC1C. The van der Waals surface area contributed by atoms with Crippen molar-refractivity contribution >= 4 is 5.82 Å². The van der Waals surface area contributed by atoms with Gasteiger partial charge in [-0.3, -0.25) is 4.90 Å². The van der Waals surface area contributed by atoms with Crippen LogP contribution in [0.5, 0.6) is 0 Å². The molecule has 1 saturated heterocycles. The monoisotopic (exact) mass is 248 g/mol. The normalized spacial score (nSPS) is 21.3. The van der Waals surface area contributed by atoms with Crippen LogP contribution in [0.25, 0.3) is 0 Å². The average Bonchev–Trinajstić information content (AvgIpc) is 2.40.